The monoisotopic (exact) mass is 341 g/mol. The number of alkyl halides is 2. The van der Waals surface area contributed by atoms with Crippen molar-refractivity contribution in [2.75, 3.05) is 26.2 Å². The van der Waals surface area contributed by atoms with Gasteiger partial charge in [-0.05, 0) is 12.1 Å². The zero-order valence-electron chi connectivity index (χ0n) is 12.9. The summed E-state index contributed by atoms with van der Waals surface area (Å²) in [5, 5.41) is 9.33. The Morgan fingerprint density at radius 2 is 2.08 bits per heavy atom. The number of hydrogen-bond donors (Lipinski definition) is 2. The molecule has 3 rings (SSSR count). The highest BCUT2D eigenvalue weighted by Gasteiger charge is 2.33. The van der Waals surface area contributed by atoms with Gasteiger partial charge in [-0.25, -0.2) is 13.8 Å². The van der Waals surface area contributed by atoms with Crippen LogP contribution in [0.5, 0.6) is 0 Å². The van der Waals surface area contributed by atoms with Crippen LogP contribution in [0, 0.1) is 0 Å². The van der Waals surface area contributed by atoms with Crippen LogP contribution in [0.1, 0.15) is 18.4 Å². The summed E-state index contributed by atoms with van der Waals surface area (Å²) in [5.74, 6) is -2.46. The molecular formula is C15H18F3N5O. The number of imidazole rings is 1. The molecule has 2 aromatic rings. The number of para-hydroxylation sites is 1. The van der Waals surface area contributed by atoms with Gasteiger partial charge in [0, 0.05) is 38.0 Å². The van der Waals surface area contributed by atoms with Gasteiger partial charge in [-0.3, -0.25) is 15.7 Å². The minimum Gasteiger partial charge on any atom is -0.301 e. The molecule has 130 valence electrons. The molecule has 1 saturated heterocycles. The van der Waals surface area contributed by atoms with Crippen LogP contribution in [0.3, 0.4) is 0 Å². The highest BCUT2D eigenvalue weighted by Crippen LogP contribution is 2.27. The summed E-state index contributed by atoms with van der Waals surface area (Å²) >= 11 is 0. The Hall–Kier alpha value is -2.13. The molecule has 0 aliphatic carbocycles. The highest BCUT2D eigenvalue weighted by atomic mass is 19.3. The average Bonchev–Trinajstić information content (AvgIpc) is 2.95. The fourth-order valence-corrected chi connectivity index (χ4v) is 2.81. The van der Waals surface area contributed by atoms with Crippen molar-refractivity contribution in [2.45, 2.75) is 18.8 Å². The van der Waals surface area contributed by atoms with E-state index in [0.29, 0.717) is 42.0 Å². The second kappa shape index (κ2) is 6.78. The maximum Gasteiger partial charge on any atom is 0.250 e. The lowest BCUT2D eigenvalue weighted by Crippen LogP contribution is -2.40. The largest absolute Gasteiger partial charge is 0.301 e. The molecule has 0 saturated carbocycles. The van der Waals surface area contributed by atoms with Crippen molar-refractivity contribution in [3.05, 3.63) is 30.1 Å². The molecule has 6 nitrogen and oxygen atoms in total. The zero-order valence-corrected chi connectivity index (χ0v) is 12.9. The first-order valence-electron chi connectivity index (χ1n) is 7.67. The van der Waals surface area contributed by atoms with Gasteiger partial charge in [0.15, 0.2) is 5.84 Å². The fourth-order valence-electron chi connectivity index (χ4n) is 2.81. The number of benzene rings is 1. The van der Waals surface area contributed by atoms with Gasteiger partial charge in [0.2, 0.25) is 0 Å². The van der Waals surface area contributed by atoms with E-state index >= 15 is 0 Å². The summed E-state index contributed by atoms with van der Waals surface area (Å²) in [5.41, 5.74) is 3.00. The van der Waals surface area contributed by atoms with Crippen LogP contribution in [0.2, 0.25) is 0 Å². The fraction of sp³-hybridized carbons (Fsp3) is 0.467. The maximum absolute atomic E-state index is 13.8. The van der Waals surface area contributed by atoms with Gasteiger partial charge in [-0.1, -0.05) is 10.5 Å². The Balaban J connectivity index is 1.70. The second-order valence-electron chi connectivity index (χ2n) is 5.77. The van der Waals surface area contributed by atoms with Gasteiger partial charge in [-0.15, -0.1) is 0 Å². The van der Waals surface area contributed by atoms with Gasteiger partial charge in [0.25, 0.3) is 5.92 Å². The molecular weight excluding hydrogens is 323 g/mol. The van der Waals surface area contributed by atoms with Crippen LogP contribution in [0.25, 0.3) is 11.0 Å². The molecule has 2 N–H and O–H groups in total. The number of rotatable bonds is 4. The van der Waals surface area contributed by atoms with E-state index in [4.69, 9.17) is 0 Å². The van der Waals surface area contributed by atoms with E-state index in [1.807, 2.05) is 10.4 Å². The summed E-state index contributed by atoms with van der Waals surface area (Å²) in [7, 11) is 0. The lowest BCUT2D eigenvalue weighted by Gasteiger charge is -2.31. The number of piperidine rings is 1. The summed E-state index contributed by atoms with van der Waals surface area (Å²) in [6, 6.07) is 4.95. The summed E-state index contributed by atoms with van der Waals surface area (Å²) in [4.78, 5) is 10.4. The van der Waals surface area contributed by atoms with Gasteiger partial charge < -0.3 is 4.90 Å². The molecule has 0 bridgehead atoms. The molecule has 9 heteroatoms. The first-order valence-corrected chi connectivity index (χ1v) is 7.67. The summed E-state index contributed by atoms with van der Waals surface area (Å²) in [6.45, 7) is 1.42. The third-order valence-electron chi connectivity index (χ3n) is 4.16. The number of nitrogens with one attached hydrogen (secondary N) is 1. The number of hydroxylamine groups is 1. The molecule has 1 aliphatic heterocycles. The lowest BCUT2D eigenvalue weighted by molar-refractivity contribution is -0.0544. The van der Waals surface area contributed by atoms with E-state index in [0.717, 1.165) is 6.33 Å². The molecule has 1 aromatic heterocycles. The van der Waals surface area contributed by atoms with Gasteiger partial charge in [0.1, 0.15) is 11.8 Å². The molecule has 0 spiro atoms. The molecule has 0 atom stereocenters. The quantitative estimate of drug-likeness (QED) is 0.508. The van der Waals surface area contributed by atoms with Crippen molar-refractivity contribution in [1.29, 1.82) is 0 Å². The van der Waals surface area contributed by atoms with Crippen molar-refractivity contribution in [3.8, 4) is 0 Å². The van der Waals surface area contributed by atoms with Crippen LogP contribution >= 0.6 is 0 Å². The minimum atomic E-state index is -2.58. The van der Waals surface area contributed by atoms with Crippen LogP contribution in [0.15, 0.2) is 29.5 Å². The Labute approximate surface area is 136 Å². The Morgan fingerprint density at radius 1 is 1.33 bits per heavy atom. The van der Waals surface area contributed by atoms with Crippen molar-refractivity contribution in [3.63, 3.8) is 0 Å². The van der Waals surface area contributed by atoms with Crippen LogP contribution < -0.4 is 5.48 Å². The Kier molecular flexibility index (Phi) is 4.72. The number of aliphatic imine (C=N–C) groups is 1. The van der Waals surface area contributed by atoms with Gasteiger partial charge in [-0.2, -0.15) is 4.79 Å². The molecule has 1 aliphatic rings. The molecule has 1 aromatic carbocycles. The SMILES string of the molecule is ONC(=NCCN1CCC(F)(F)CC1)c1cccc2ncn(F)c12. The number of aromatic nitrogens is 2. The number of halogens is 3. The number of likely N-dealkylation sites (tertiary alicyclic amines) is 1. The highest BCUT2D eigenvalue weighted by molar-refractivity contribution is 6.07. The normalized spacial score (nSPS) is 18.9. The minimum absolute atomic E-state index is 0.113. The van der Waals surface area contributed by atoms with E-state index in [9.17, 15) is 18.5 Å². The van der Waals surface area contributed by atoms with Gasteiger partial charge in [0.05, 0.1) is 12.1 Å². The van der Waals surface area contributed by atoms with Crippen LogP contribution in [-0.4, -0.2) is 57.8 Å². The summed E-state index contributed by atoms with van der Waals surface area (Å²) in [6.07, 6.45) is 0.737. The van der Waals surface area contributed by atoms with Crippen molar-refractivity contribution in [1.82, 2.24) is 20.2 Å². The third kappa shape index (κ3) is 3.51. The standard InChI is InChI=1S/C15H18F3N5O/c16-15(17)4-7-22(8-5-15)9-6-19-14(21-24)11-2-1-3-12-13(11)23(18)10-20-12/h1-3,10,24H,4-9H2,(H,19,21). The zero-order chi connectivity index (χ0) is 17.2. The van der Waals surface area contributed by atoms with Crippen LogP contribution in [-0.2, 0) is 0 Å². The number of nitrogens with zero attached hydrogens (tertiary/aromatic N) is 4. The number of amidine groups is 1. The average molecular weight is 341 g/mol. The number of hydrogen-bond acceptors (Lipinski definition) is 4. The predicted molar refractivity (Wildman–Crippen MR) is 83.2 cm³/mol. The molecule has 0 unspecified atom stereocenters. The van der Waals surface area contributed by atoms with E-state index in [1.54, 1.807) is 18.2 Å². The van der Waals surface area contributed by atoms with E-state index in [-0.39, 0.29) is 24.2 Å². The van der Waals surface area contributed by atoms with E-state index < -0.39 is 5.92 Å². The smallest absolute Gasteiger partial charge is 0.250 e. The number of fused-ring (bicyclic) bond motifs is 1. The topological polar surface area (TPSA) is 65.7 Å². The van der Waals surface area contributed by atoms with Crippen molar-refractivity contribution >= 4 is 16.9 Å². The van der Waals surface area contributed by atoms with Gasteiger partial charge >= 0.3 is 0 Å². The van der Waals surface area contributed by atoms with Crippen molar-refractivity contribution < 1.29 is 18.5 Å². The van der Waals surface area contributed by atoms with E-state index in [2.05, 4.69) is 9.98 Å². The Morgan fingerprint density at radius 3 is 2.79 bits per heavy atom. The van der Waals surface area contributed by atoms with Crippen LogP contribution in [0.4, 0.5) is 13.3 Å². The summed E-state index contributed by atoms with van der Waals surface area (Å²) < 4.78 is 40.0. The molecule has 1 fully saturated rings. The van der Waals surface area contributed by atoms with E-state index in [1.165, 1.54) is 0 Å². The lowest BCUT2D eigenvalue weighted by atomic mass is 10.1. The maximum atomic E-state index is 13.8. The molecule has 0 radical (unpaired) electrons. The first-order chi connectivity index (χ1) is 11.5. The Bertz CT molecular complexity index is 736. The van der Waals surface area contributed by atoms with Crippen molar-refractivity contribution in [2.24, 2.45) is 4.99 Å². The first kappa shape index (κ1) is 16.7. The molecule has 0 amide bonds. The molecule has 2 heterocycles. The third-order valence-corrected chi connectivity index (χ3v) is 4.16. The molecule has 24 heavy (non-hydrogen) atoms. The predicted octanol–water partition coefficient (Wildman–Crippen LogP) is 2.23. The second-order valence-corrected chi connectivity index (χ2v) is 5.77.